The van der Waals surface area contributed by atoms with Crippen molar-refractivity contribution in [2.45, 2.75) is 0 Å². The van der Waals surface area contributed by atoms with Gasteiger partial charge < -0.3 is 4.74 Å². The molecular formula is C13H7Cl2NO4. The molecule has 0 aromatic heterocycles. The number of aldehydes is 1. The van der Waals surface area contributed by atoms with Crippen LogP contribution in [-0.4, -0.2) is 11.2 Å². The van der Waals surface area contributed by atoms with Crippen molar-refractivity contribution < 1.29 is 14.5 Å². The first-order chi connectivity index (χ1) is 9.51. The molecule has 0 aliphatic heterocycles. The van der Waals surface area contributed by atoms with Gasteiger partial charge in [-0.15, -0.1) is 0 Å². The Morgan fingerprint density at radius 3 is 2.40 bits per heavy atom. The number of non-ortho nitro benzene ring substituents is 1. The van der Waals surface area contributed by atoms with Gasteiger partial charge in [0.2, 0.25) is 0 Å². The molecule has 0 amide bonds. The van der Waals surface area contributed by atoms with Gasteiger partial charge in [0.1, 0.15) is 11.5 Å². The van der Waals surface area contributed by atoms with Crippen LogP contribution in [0.25, 0.3) is 0 Å². The normalized spacial score (nSPS) is 10.1. The molecule has 0 heterocycles. The Morgan fingerprint density at radius 1 is 1.10 bits per heavy atom. The van der Waals surface area contributed by atoms with E-state index in [-0.39, 0.29) is 21.5 Å². The summed E-state index contributed by atoms with van der Waals surface area (Å²) in [5.41, 5.74) is 0.213. The summed E-state index contributed by atoms with van der Waals surface area (Å²) < 4.78 is 5.47. The van der Waals surface area contributed by atoms with Gasteiger partial charge in [-0.25, -0.2) is 0 Å². The zero-order chi connectivity index (χ0) is 14.7. The Bertz CT molecular complexity index is 688. The average Bonchev–Trinajstić information content (AvgIpc) is 2.41. The van der Waals surface area contributed by atoms with E-state index in [0.29, 0.717) is 17.6 Å². The molecule has 0 aliphatic rings. The lowest BCUT2D eigenvalue weighted by molar-refractivity contribution is -0.384. The first-order valence-corrected chi connectivity index (χ1v) is 6.13. The molecule has 0 fully saturated rings. The van der Waals surface area contributed by atoms with Crippen LogP contribution in [0.2, 0.25) is 10.0 Å². The fourth-order valence-corrected chi connectivity index (χ4v) is 1.91. The number of carbonyl (C=O) groups excluding carboxylic acids is 1. The maximum absolute atomic E-state index is 10.6. The molecule has 5 nitrogen and oxygen atoms in total. The van der Waals surface area contributed by atoms with Crippen LogP contribution >= 0.6 is 23.2 Å². The second-order valence-corrected chi connectivity index (χ2v) is 4.59. The second kappa shape index (κ2) is 5.90. The van der Waals surface area contributed by atoms with Crippen LogP contribution in [0.4, 0.5) is 5.69 Å². The lowest BCUT2D eigenvalue weighted by Crippen LogP contribution is -1.90. The van der Waals surface area contributed by atoms with Crippen LogP contribution in [0, 0.1) is 10.1 Å². The molecular weight excluding hydrogens is 305 g/mol. The highest BCUT2D eigenvalue weighted by molar-refractivity contribution is 6.33. The number of benzene rings is 2. The van der Waals surface area contributed by atoms with E-state index in [1.165, 1.54) is 30.3 Å². The van der Waals surface area contributed by atoms with E-state index in [1.54, 1.807) is 6.07 Å². The van der Waals surface area contributed by atoms with E-state index in [0.717, 1.165) is 0 Å². The van der Waals surface area contributed by atoms with Gasteiger partial charge in [-0.1, -0.05) is 23.2 Å². The van der Waals surface area contributed by atoms with Crippen molar-refractivity contribution in [3.63, 3.8) is 0 Å². The SMILES string of the molecule is O=Cc1ccc(Oc2ccc([N+](=O)[O-])cc2Cl)cc1Cl. The quantitative estimate of drug-likeness (QED) is 0.473. The Kier molecular flexibility index (Phi) is 4.22. The molecule has 2 aromatic rings. The molecule has 0 saturated carbocycles. The van der Waals surface area contributed by atoms with E-state index in [4.69, 9.17) is 27.9 Å². The third-order valence-electron chi connectivity index (χ3n) is 2.45. The summed E-state index contributed by atoms with van der Waals surface area (Å²) in [4.78, 5) is 20.7. The number of ether oxygens (including phenoxy) is 1. The summed E-state index contributed by atoms with van der Waals surface area (Å²) in [6.45, 7) is 0. The highest BCUT2D eigenvalue weighted by Gasteiger charge is 2.11. The zero-order valence-corrected chi connectivity index (χ0v) is 11.4. The van der Waals surface area contributed by atoms with Crippen molar-refractivity contribution >= 4 is 35.2 Å². The van der Waals surface area contributed by atoms with E-state index in [2.05, 4.69) is 0 Å². The lowest BCUT2D eigenvalue weighted by atomic mass is 10.2. The van der Waals surface area contributed by atoms with E-state index in [1.807, 2.05) is 0 Å². The number of hydrogen-bond acceptors (Lipinski definition) is 4. The van der Waals surface area contributed by atoms with Crippen LogP contribution < -0.4 is 4.74 Å². The predicted octanol–water partition coefficient (Wildman–Crippen LogP) is 4.51. The summed E-state index contributed by atoms with van der Waals surface area (Å²) >= 11 is 11.8. The van der Waals surface area contributed by atoms with E-state index in [9.17, 15) is 14.9 Å². The van der Waals surface area contributed by atoms with Crippen LogP contribution in [0.5, 0.6) is 11.5 Å². The minimum absolute atomic E-state index is 0.106. The van der Waals surface area contributed by atoms with Crippen molar-refractivity contribution in [3.05, 3.63) is 62.1 Å². The van der Waals surface area contributed by atoms with Gasteiger partial charge in [0.05, 0.1) is 15.0 Å². The fourth-order valence-electron chi connectivity index (χ4n) is 1.48. The smallest absolute Gasteiger partial charge is 0.271 e. The van der Waals surface area contributed by atoms with Gasteiger partial charge >= 0.3 is 0 Å². The number of halogens is 2. The molecule has 102 valence electrons. The average molecular weight is 312 g/mol. The second-order valence-electron chi connectivity index (χ2n) is 3.78. The summed E-state index contributed by atoms with van der Waals surface area (Å²) in [6, 6.07) is 8.38. The molecule has 7 heteroatoms. The van der Waals surface area contributed by atoms with Crippen LogP contribution in [0.3, 0.4) is 0 Å². The number of nitrogens with zero attached hydrogens (tertiary/aromatic N) is 1. The lowest BCUT2D eigenvalue weighted by Gasteiger charge is -2.08. The van der Waals surface area contributed by atoms with Gasteiger partial charge in [-0.05, 0) is 18.2 Å². The summed E-state index contributed by atoms with van der Waals surface area (Å²) in [5.74, 6) is 0.628. The van der Waals surface area contributed by atoms with Crippen LogP contribution in [0.1, 0.15) is 10.4 Å². The summed E-state index contributed by atoms with van der Waals surface area (Å²) in [5, 5.41) is 10.9. The van der Waals surface area contributed by atoms with Crippen LogP contribution in [0.15, 0.2) is 36.4 Å². The highest BCUT2D eigenvalue weighted by atomic mass is 35.5. The monoisotopic (exact) mass is 311 g/mol. The molecule has 2 aromatic carbocycles. The van der Waals surface area contributed by atoms with Crippen molar-refractivity contribution in [2.24, 2.45) is 0 Å². The molecule has 0 spiro atoms. The van der Waals surface area contributed by atoms with Crippen molar-refractivity contribution in [3.8, 4) is 11.5 Å². The van der Waals surface area contributed by atoms with Gasteiger partial charge in [0.15, 0.2) is 6.29 Å². The number of rotatable bonds is 4. The number of nitro groups is 1. The number of carbonyl (C=O) groups is 1. The Balaban J connectivity index is 2.28. The Morgan fingerprint density at radius 2 is 1.85 bits per heavy atom. The minimum Gasteiger partial charge on any atom is -0.456 e. The first-order valence-electron chi connectivity index (χ1n) is 5.38. The maximum atomic E-state index is 10.6. The standard InChI is InChI=1S/C13H7Cl2NO4/c14-11-6-10(3-1-8(11)7-17)20-13-4-2-9(16(18)19)5-12(13)15/h1-7H. The fraction of sp³-hybridized carbons (Fsp3) is 0. The zero-order valence-electron chi connectivity index (χ0n) is 9.88. The predicted molar refractivity (Wildman–Crippen MR) is 75.0 cm³/mol. The molecule has 0 N–H and O–H groups in total. The van der Waals surface area contributed by atoms with Gasteiger partial charge in [-0.3, -0.25) is 14.9 Å². The van der Waals surface area contributed by atoms with Crippen molar-refractivity contribution in [1.82, 2.24) is 0 Å². The summed E-state index contributed by atoms with van der Waals surface area (Å²) in [6.07, 6.45) is 0.630. The molecule has 2 rings (SSSR count). The first kappa shape index (κ1) is 14.3. The molecule has 0 atom stereocenters. The number of nitro benzene ring substituents is 1. The van der Waals surface area contributed by atoms with Crippen molar-refractivity contribution in [2.75, 3.05) is 0 Å². The molecule has 20 heavy (non-hydrogen) atoms. The van der Waals surface area contributed by atoms with Crippen LogP contribution in [-0.2, 0) is 0 Å². The third-order valence-corrected chi connectivity index (χ3v) is 3.08. The molecule has 0 saturated heterocycles. The van der Waals surface area contributed by atoms with Gasteiger partial charge in [0, 0.05) is 23.8 Å². The Hall–Kier alpha value is -2.11. The van der Waals surface area contributed by atoms with Gasteiger partial charge in [0.25, 0.3) is 5.69 Å². The molecule has 0 aliphatic carbocycles. The third kappa shape index (κ3) is 3.07. The molecule has 0 bridgehead atoms. The van der Waals surface area contributed by atoms with E-state index < -0.39 is 4.92 Å². The Labute approximate surface area is 123 Å². The number of hydrogen-bond donors (Lipinski definition) is 0. The topological polar surface area (TPSA) is 69.4 Å². The maximum Gasteiger partial charge on any atom is 0.271 e. The highest BCUT2D eigenvalue weighted by Crippen LogP contribution is 2.33. The molecule has 0 unspecified atom stereocenters. The minimum atomic E-state index is -0.550. The molecule has 0 radical (unpaired) electrons. The largest absolute Gasteiger partial charge is 0.456 e. The van der Waals surface area contributed by atoms with E-state index >= 15 is 0 Å². The summed E-state index contributed by atoms with van der Waals surface area (Å²) in [7, 11) is 0. The van der Waals surface area contributed by atoms with Crippen molar-refractivity contribution in [1.29, 1.82) is 0 Å². The van der Waals surface area contributed by atoms with Gasteiger partial charge in [-0.2, -0.15) is 0 Å².